The molecule has 24 heavy (non-hydrogen) atoms. The van der Waals surface area contributed by atoms with Crippen molar-refractivity contribution >= 4 is 0 Å². The zero-order chi connectivity index (χ0) is 16.0. The van der Waals surface area contributed by atoms with Crippen molar-refractivity contribution in [2.75, 3.05) is 26.4 Å². The molecule has 0 bridgehead atoms. The zero-order valence-corrected chi connectivity index (χ0v) is 14.8. The molecule has 3 unspecified atom stereocenters. The van der Waals surface area contributed by atoms with Crippen LogP contribution in [0.25, 0.3) is 0 Å². The molecule has 136 valence electrons. The van der Waals surface area contributed by atoms with Gasteiger partial charge in [-0.1, -0.05) is 0 Å². The molecule has 5 aliphatic rings. The van der Waals surface area contributed by atoms with E-state index in [0.717, 1.165) is 75.8 Å². The van der Waals surface area contributed by atoms with Gasteiger partial charge in [-0.3, -0.25) is 0 Å². The lowest BCUT2D eigenvalue weighted by molar-refractivity contribution is -0.202. The minimum absolute atomic E-state index is 0.192. The molecular formula is C20H32O4. The molecule has 0 N–H and O–H groups in total. The fourth-order valence-electron chi connectivity index (χ4n) is 6.42. The maximum atomic E-state index is 5.98. The Labute approximate surface area is 145 Å². The van der Waals surface area contributed by atoms with Gasteiger partial charge in [-0.15, -0.1) is 0 Å². The highest BCUT2D eigenvalue weighted by atomic mass is 16.7. The summed E-state index contributed by atoms with van der Waals surface area (Å²) in [7, 11) is 0. The minimum atomic E-state index is -0.192. The molecule has 2 spiro atoms. The van der Waals surface area contributed by atoms with Crippen LogP contribution in [0.15, 0.2) is 0 Å². The third kappa shape index (κ3) is 2.84. The van der Waals surface area contributed by atoms with Gasteiger partial charge in [0, 0.05) is 25.7 Å². The van der Waals surface area contributed by atoms with Crippen molar-refractivity contribution in [3.63, 3.8) is 0 Å². The summed E-state index contributed by atoms with van der Waals surface area (Å²) in [6.07, 6.45) is 12.7. The first kappa shape index (κ1) is 16.0. The summed E-state index contributed by atoms with van der Waals surface area (Å²) in [5, 5.41) is 0. The first-order valence-corrected chi connectivity index (χ1v) is 10.3. The number of hydrogen-bond donors (Lipinski definition) is 0. The van der Waals surface area contributed by atoms with E-state index in [1.807, 2.05) is 0 Å². The fourth-order valence-corrected chi connectivity index (χ4v) is 6.42. The van der Waals surface area contributed by atoms with E-state index >= 15 is 0 Å². The summed E-state index contributed by atoms with van der Waals surface area (Å²) in [4.78, 5) is 0. The van der Waals surface area contributed by atoms with E-state index in [2.05, 4.69) is 0 Å². The molecule has 4 heteroatoms. The van der Waals surface area contributed by atoms with Crippen LogP contribution in [0.3, 0.4) is 0 Å². The van der Waals surface area contributed by atoms with Crippen molar-refractivity contribution in [2.45, 2.75) is 75.8 Å². The van der Waals surface area contributed by atoms with E-state index in [0.29, 0.717) is 0 Å². The summed E-state index contributed by atoms with van der Waals surface area (Å²) in [6.45, 7) is 3.19. The van der Waals surface area contributed by atoms with E-state index in [4.69, 9.17) is 18.9 Å². The van der Waals surface area contributed by atoms with Gasteiger partial charge in [-0.25, -0.2) is 0 Å². The van der Waals surface area contributed by atoms with Crippen LogP contribution in [-0.4, -0.2) is 38.0 Å². The lowest BCUT2D eigenvalue weighted by Gasteiger charge is -2.48. The Morgan fingerprint density at radius 3 is 1.71 bits per heavy atom. The maximum Gasteiger partial charge on any atom is 0.168 e. The average molecular weight is 336 g/mol. The SMILES string of the molecule is C1COC2(CCC(C3CCC4CC5(CCC4C3)OCCO5)CC2)O1. The molecule has 2 heterocycles. The van der Waals surface area contributed by atoms with Crippen LogP contribution in [0.2, 0.25) is 0 Å². The van der Waals surface area contributed by atoms with Crippen LogP contribution >= 0.6 is 0 Å². The van der Waals surface area contributed by atoms with Crippen molar-refractivity contribution in [1.82, 2.24) is 0 Å². The summed E-state index contributed by atoms with van der Waals surface area (Å²) >= 11 is 0. The second-order valence-electron chi connectivity index (χ2n) is 8.89. The van der Waals surface area contributed by atoms with Crippen LogP contribution in [0, 0.1) is 23.7 Å². The molecule has 2 saturated heterocycles. The number of hydrogen-bond acceptors (Lipinski definition) is 4. The van der Waals surface area contributed by atoms with Gasteiger partial charge >= 0.3 is 0 Å². The summed E-state index contributed by atoms with van der Waals surface area (Å²) in [5.41, 5.74) is 0. The average Bonchev–Trinajstić information content (AvgIpc) is 3.26. The molecule has 3 saturated carbocycles. The number of fused-ring (bicyclic) bond motifs is 1. The van der Waals surface area contributed by atoms with Gasteiger partial charge in [0.25, 0.3) is 0 Å². The molecule has 0 amide bonds. The van der Waals surface area contributed by atoms with Gasteiger partial charge in [0.05, 0.1) is 26.4 Å². The van der Waals surface area contributed by atoms with Crippen molar-refractivity contribution in [3.8, 4) is 0 Å². The molecular weight excluding hydrogens is 304 g/mol. The second-order valence-corrected chi connectivity index (χ2v) is 8.89. The highest BCUT2D eigenvalue weighted by Crippen LogP contribution is 2.52. The molecule has 5 rings (SSSR count). The predicted octanol–water partition coefficient (Wildman–Crippen LogP) is 3.88. The van der Waals surface area contributed by atoms with E-state index in [-0.39, 0.29) is 11.6 Å². The molecule has 2 aliphatic heterocycles. The molecule has 0 aromatic carbocycles. The smallest absolute Gasteiger partial charge is 0.168 e. The van der Waals surface area contributed by atoms with Crippen LogP contribution in [0.5, 0.6) is 0 Å². The van der Waals surface area contributed by atoms with Crippen molar-refractivity contribution in [3.05, 3.63) is 0 Å². The van der Waals surface area contributed by atoms with Gasteiger partial charge in [0.15, 0.2) is 11.6 Å². The largest absolute Gasteiger partial charge is 0.348 e. The normalized spacial score (nSPS) is 41.8. The van der Waals surface area contributed by atoms with Gasteiger partial charge < -0.3 is 18.9 Å². The molecule has 4 nitrogen and oxygen atoms in total. The first-order valence-electron chi connectivity index (χ1n) is 10.3. The second kappa shape index (κ2) is 6.22. The quantitative estimate of drug-likeness (QED) is 0.728. The highest BCUT2D eigenvalue weighted by molar-refractivity contribution is 4.94. The third-order valence-corrected chi connectivity index (χ3v) is 7.74. The van der Waals surface area contributed by atoms with Crippen molar-refractivity contribution < 1.29 is 18.9 Å². The lowest BCUT2D eigenvalue weighted by Crippen LogP contribution is -2.44. The van der Waals surface area contributed by atoms with Crippen LogP contribution in [-0.2, 0) is 18.9 Å². The van der Waals surface area contributed by atoms with Crippen molar-refractivity contribution in [1.29, 1.82) is 0 Å². The Hall–Kier alpha value is -0.160. The van der Waals surface area contributed by atoms with Crippen LogP contribution in [0.4, 0.5) is 0 Å². The number of rotatable bonds is 1. The lowest BCUT2D eigenvalue weighted by atomic mass is 9.62. The Morgan fingerprint density at radius 2 is 1.00 bits per heavy atom. The third-order valence-electron chi connectivity index (χ3n) is 7.74. The molecule has 0 radical (unpaired) electrons. The first-order chi connectivity index (χ1) is 11.8. The topological polar surface area (TPSA) is 36.9 Å². The summed E-state index contributed by atoms with van der Waals surface area (Å²) < 4.78 is 23.8. The van der Waals surface area contributed by atoms with E-state index in [9.17, 15) is 0 Å². The molecule has 0 aromatic heterocycles. The maximum absolute atomic E-state index is 5.98. The highest BCUT2D eigenvalue weighted by Gasteiger charge is 2.48. The predicted molar refractivity (Wildman–Crippen MR) is 89.4 cm³/mol. The van der Waals surface area contributed by atoms with Gasteiger partial charge in [0.1, 0.15) is 0 Å². The molecule has 5 fully saturated rings. The van der Waals surface area contributed by atoms with Gasteiger partial charge in [-0.2, -0.15) is 0 Å². The minimum Gasteiger partial charge on any atom is -0.348 e. The summed E-state index contributed by atoms with van der Waals surface area (Å²) in [5.74, 6) is 3.20. The zero-order valence-electron chi connectivity index (χ0n) is 14.8. The van der Waals surface area contributed by atoms with Crippen LogP contribution < -0.4 is 0 Å². The van der Waals surface area contributed by atoms with Crippen LogP contribution in [0.1, 0.15) is 64.2 Å². The molecule has 3 atom stereocenters. The monoisotopic (exact) mass is 336 g/mol. The summed E-state index contributed by atoms with van der Waals surface area (Å²) in [6, 6.07) is 0. The Morgan fingerprint density at radius 1 is 0.500 bits per heavy atom. The molecule has 0 aromatic rings. The Balaban J connectivity index is 1.17. The Kier molecular flexibility index (Phi) is 4.16. The van der Waals surface area contributed by atoms with E-state index in [1.54, 1.807) is 0 Å². The van der Waals surface area contributed by atoms with E-state index < -0.39 is 0 Å². The Bertz CT molecular complexity index is 440. The van der Waals surface area contributed by atoms with Gasteiger partial charge in [-0.05, 0) is 62.2 Å². The standard InChI is InChI=1S/C20H32O4/c1-2-18-14-20(23-11-12-24-20)8-5-17(18)13-16(1)15-3-6-19(7-4-15)21-9-10-22-19/h15-18H,1-14H2. The van der Waals surface area contributed by atoms with E-state index in [1.165, 1.54) is 38.5 Å². The number of ether oxygens (including phenoxy) is 4. The van der Waals surface area contributed by atoms with Crippen molar-refractivity contribution in [2.24, 2.45) is 23.7 Å². The molecule has 3 aliphatic carbocycles. The van der Waals surface area contributed by atoms with Gasteiger partial charge in [0.2, 0.25) is 0 Å². The fraction of sp³-hybridized carbons (Fsp3) is 1.00.